The van der Waals surface area contributed by atoms with Crippen LogP contribution in [0.2, 0.25) is 0 Å². The zero-order valence-electron chi connectivity index (χ0n) is 16.1. The van der Waals surface area contributed by atoms with Crippen molar-refractivity contribution >= 4 is 16.7 Å². The first kappa shape index (κ1) is 18.1. The first-order valence-corrected chi connectivity index (χ1v) is 9.28. The van der Waals surface area contributed by atoms with Gasteiger partial charge in [0.25, 0.3) is 0 Å². The third-order valence-electron chi connectivity index (χ3n) is 4.62. The second-order valence-corrected chi connectivity index (χ2v) is 7.32. The minimum absolute atomic E-state index is 0.00928. The van der Waals surface area contributed by atoms with Gasteiger partial charge in [-0.1, -0.05) is 42.5 Å². The van der Waals surface area contributed by atoms with Crippen molar-refractivity contribution in [2.24, 2.45) is 0 Å². The van der Waals surface area contributed by atoms with Crippen LogP contribution in [0.25, 0.3) is 10.9 Å². The SMILES string of the molecule is CN(C)Cc1cccc(Cn2cc(CC(=O)c3n[nH]c4ccccc34)cn2)c1. The number of H-pyrrole nitrogens is 1. The summed E-state index contributed by atoms with van der Waals surface area (Å²) in [6.45, 7) is 1.59. The van der Waals surface area contributed by atoms with Gasteiger partial charge in [-0.3, -0.25) is 14.6 Å². The Hall–Kier alpha value is -3.25. The van der Waals surface area contributed by atoms with Gasteiger partial charge < -0.3 is 4.90 Å². The Bertz CT molecular complexity index is 1110. The molecule has 0 amide bonds. The molecule has 2 aromatic heterocycles. The van der Waals surface area contributed by atoms with Gasteiger partial charge >= 0.3 is 0 Å². The number of carbonyl (C=O) groups excluding carboxylic acids is 1. The Morgan fingerprint density at radius 2 is 1.89 bits per heavy atom. The molecule has 0 atom stereocenters. The van der Waals surface area contributed by atoms with Gasteiger partial charge in [0.2, 0.25) is 0 Å². The average Bonchev–Trinajstić information content (AvgIpc) is 3.28. The van der Waals surface area contributed by atoms with E-state index in [1.54, 1.807) is 6.20 Å². The fourth-order valence-electron chi connectivity index (χ4n) is 3.41. The van der Waals surface area contributed by atoms with Crippen LogP contribution in [0.4, 0.5) is 0 Å². The highest BCUT2D eigenvalue weighted by atomic mass is 16.1. The number of nitrogens with one attached hydrogen (secondary N) is 1. The summed E-state index contributed by atoms with van der Waals surface area (Å²) < 4.78 is 1.88. The molecule has 0 unspecified atom stereocenters. The molecule has 0 saturated carbocycles. The monoisotopic (exact) mass is 373 g/mol. The minimum atomic E-state index is -0.00928. The van der Waals surface area contributed by atoms with E-state index in [2.05, 4.69) is 58.6 Å². The maximum atomic E-state index is 12.7. The molecule has 1 N–H and O–H groups in total. The Labute approximate surface area is 163 Å². The molecule has 0 bridgehead atoms. The third kappa shape index (κ3) is 4.02. The number of hydrogen-bond donors (Lipinski definition) is 1. The Morgan fingerprint density at radius 1 is 1.07 bits per heavy atom. The van der Waals surface area contributed by atoms with E-state index in [0.717, 1.165) is 23.0 Å². The lowest BCUT2D eigenvalue weighted by Gasteiger charge is -2.11. The van der Waals surface area contributed by atoms with Crippen LogP contribution in [0, 0.1) is 0 Å². The summed E-state index contributed by atoms with van der Waals surface area (Å²) in [5.41, 5.74) is 4.72. The van der Waals surface area contributed by atoms with E-state index < -0.39 is 0 Å². The molecule has 0 aliphatic heterocycles. The Morgan fingerprint density at radius 3 is 2.75 bits per heavy atom. The second-order valence-electron chi connectivity index (χ2n) is 7.32. The van der Waals surface area contributed by atoms with Gasteiger partial charge in [0, 0.05) is 24.5 Å². The number of aromatic nitrogens is 4. The maximum absolute atomic E-state index is 12.7. The van der Waals surface area contributed by atoms with Gasteiger partial charge in [-0.15, -0.1) is 0 Å². The normalized spacial score (nSPS) is 11.4. The topological polar surface area (TPSA) is 66.8 Å². The van der Waals surface area contributed by atoms with Crippen LogP contribution >= 0.6 is 0 Å². The number of rotatable bonds is 7. The zero-order valence-corrected chi connectivity index (χ0v) is 16.1. The molecule has 6 nitrogen and oxygen atoms in total. The van der Waals surface area contributed by atoms with E-state index in [1.807, 2.05) is 35.1 Å². The van der Waals surface area contributed by atoms with E-state index in [-0.39, 0.29) is 12.2 Å². The van der Waals surface area contributed by atoms with Crippen LogP contribution in [0.3, 0.4) is 0 Å². The van der Waals surface area contributed by atoms with Gasteiger partial charge in [-0.2, -0.15) is 10.2 Å². The number of Topliss-reactive ketones (excluding diaryl/α,β-unsaturated/α-hetero) is 1. The van der Waals surface area contributed by atoms with E-state index in [4.69, 9.17) is 0 Å². The lowest BCUT2D eigenvalue weighted by atomic mass is 10.1. The van der Waals surface area contributed by atoms with Crippen LogP contribution in [0.1, 0.15) is 27.2 Å². The van der Waals surface area contributed by atoms with Crippen LogP contribution in [-0.4, -0.2) is 44.8 Å². The predicted molar refractivity (Wildman–Crippen MR) is 109 cm³/mol. The highest BCUT2D eigenvalue weighted by Gasteiger charge is 2.15. The van der Waals surface area contributed by atoms with Crippen molar-refractivity contribution < 1.29 is 4.79 Å². The molecule has 142 valence electrons. The molecule has 28 heavy (non-hydrogen) atoms. The molecule has 2 aromatic carbocycles. The maximum Gasteiger partial charge on any atom is 0.188 e. The van der Waals surface area contributed by atoms with Gasteiger partial charge in [0.05, 0.1) is 18.3 Å². The first-order valence-electron chi connectivity index (χ1n) is 9.28. The van der Waals surface area contributed by atoms with Crippen molar-refractivity contribution in [2.75, 3.05) is 14.1 Å². The number of fused-ring (bicyclic) bond motifs is 1. The summed E-state index contributed by atoms with van der Waals surface area (Å²) >= 11 is 0. The highest BCUT2D eigenvalue weighted by Crippen LogP contribution is 2.17. The minimum Gasteiger partial charge on any atom is -0.305 e. The predicted octanol–water partition coefficient (Wildman–Crippen LogP) is 3.29. The molecular formula is C22H23N5O. The number of aromatic amines is 1. The quantitative estimate of drug-likeness (QED) is 0.505. The Balaban J connectivity index is 1.45. The van der Waals surface area contributed by atoms with Crippen molar-refractivity contribution in [1.29, 1.82) is 0 Å². The van der Waals surface area contributed by atoms with Gasteiger partial charge in [-0.25, -0.2) is 0 Å². The van der Waals surface area contributed by atoms with E-state index in [1.165, 1.54) is 11.1 Å². The number of carbonyl (C=O) groups is 1. The standard InChI is InChI=1S/C22H23N5O/c1-26(2)13-16-6-5-7-17(10-16)14-27-15-18(12-23-27)11-21(28)22-19-8-3-4-9-20(19)24-25-22/h3-10,12,15H,11,13-14H2,1-2H3,(H,24,25). The molecule has 0 aliphatic carbocycles. The van der Waals surface area contributed by atoms with Gasteiger partial charge in [0.1, 0.15) is 5.69 Å². The molecular weight excluding hydrogens is 350 g/mol. The lowest BCUT2D eigenvalue weighted by molar-refractivity contribution is 0.0989. The fraction of sp³-hybridized carbons (Fsp3) is 0.227. The van der Waals surface area contributed by atoms with Crippen molar-refractivity contribution in [1.82, 2.24) is 24.9 Å². The summed E-state index contributed by atoms with van der Waals surface area (Å²) in [6.07, 6.45) is 3.98. The zero-order chi connectivity index (χ0) is 19.5. The summed E-state index contributed by atoms with van der Waals surface area (Å²) in [4.78, 5) is 14.8. The smallest absolute Gasteiger partial charge is 0.188 e. The number of nitrogens with zero attached hydrogens (tertiary/aromatic N) is 4. The second kappa shape index (κ2) is 7.78. The molecule has 0 radical (unpaired) electrons. The van der Waals surface area contributed by atoms with Crippen LogP contribution < -0.4 is 0 Å². The summed E-state index contributed by atoms with van der Waals surface area (Å²) in [5, 5.41) is 12.4. The molecule has 0 fully saturated rings. The molecule has 6 heteroatoms. The summed E-state index contributed by atoms with van der Waals surface area (Å²) in [7, 11) is 4.12. The molecule has 0 spiro atoms. The Kier molecular flexibility index (Phi) is 5.04. The average molecular weight is 373 g/mol. The lowest BCUT2D eigenvalue weighted by Crippen LogP contribution is -2.11. The van der Waals surface area contributed by atoms with Crippen molar-refractivity contribution in [3.8, 4) is 0 Å². The van der Waals surface area contributed by atoms with Gasteiger partial charge in [0.15, 0.2) is 5.78 Å². The van der Waals surface area contributed by atoms with Crippen LogP contribution in [0.5, 0.6) is 0 Å². The summed E-state index contributed by atoms with van der Waals surface area (Å²) in [5.74, 6) is -0.00928. The van der Waals surface area contributed by atoms with E-state index >= 15 is 0 Å². The van der Waals surface area contributed by atoms with E-state index in [9.17, 15) is 4.79 Å². The molecule has 4 rings (SSSR count). The van der Waals surface area contributed by atoms with Crippen LogP contribution in [-0.2, 0) is 19.5 Å². The van der Waals surface area contributed by atoms with Crippen molar-refractivity contribution in [3.63, 3.8) is 0 Å². The van der Waals surface area contributed by atoms with Crippen LogP contribution in [0.15, 0.2) is 60.9 Å². The molecule has 2 heterocycles. The first-order chi connectivity index (χ1) is 13.6. The van der Waals surface area contributed by atoms with Gasteiger partial charge in [-0.05, 0) is 36.9 Å². The number of ketones is 1. The number of para-hydroxylation sites is 1. The van der Waals surface area contributed by atoms with Crippen molar-refractivity contribution in [3.05, 3.63) is 83.3 Å². The summed E-state index contributed by atoms with van der Waals surface area (Å²) in [6, 6.07) is 16.2. The molecule has 4 aromatic rings. The largest absolute Gasteiger partial charge is 0.305 e. The highest BCUT2D eigenvalue weighted by molar-refractivity contribution is 6.06. The third-order valence-corrected chi connectivity index (χ3v) is 4.62. The number of benzene rings is 2. The molecule has 0 aliphatic rings. The van der Waals surface area contributed by atoms with E-state index in [0.29, 0.717) is 12.2 Å². The molecule has 0 saturated heterocycles. The van der Waals surface area contributed by atoms with Crippen molar-refractivity contribution in [2.45, 2.75) is 19.5 Å². The number of hydrogen-bond acceptors (Lipinski definition) is 4. The fourth-order valence-corrected chi connectivity index (χ4v) is 3.41.